The minimum absolute atomic E-state index is 0.440. The molecule has 2 N–H and O–H groups in total. The maximum absolute atomic E-state index is 6.01. The largest absolute Gasteiger partial charge is 0.330 e. The number of likely N-dealkylation sites (tertiary alicyclic amines) is 1. The summed E-state index contributed by atoms with van der Waals surface area (Å²) >= 11 is 6.01. The second-order valence-electron chi connectivity index (χ2n) is 4.62. The molecule has 3 heteroatoms. The van der Waals surface area contributed by atoms with Crippen molar-refractivity contribution in [3.05, 3.63) is 34.9 Å². The van der Waals surface area contributed by atoms with E-state index >= 15 is 0 Å². The fraction of sp³-hybridized carbons (Fsp3) is 0.538. The van der Waals surface area contributed by atoms with Crippen molar-refractivity contribution in [2.75, 3.05) is 19.6 Å². The maximum Gasteiger partial charge on any atom is 0.0409 e. The van der Waals surface area contributed by atoms with E-state index in [-0.39, 0.29) is 0 Å². The van der Waals surface area contributed by atoms with Crippen LogP contribution in [0.25, 0.3) is 0 Å². The number of rotatable bonds is 3. The van der Waals surface area contributed by atoms with E-state index < -0.39 is 0 Å². The minimum Gasteiger partial charge on any atom is -0.330 e. The van der Waals surface area contributed by atoms with E-state index in [1.165, 1.54) is 12.0 Å². The van der Waals surface area contributed by atoms with Crippen LogP contribution in [0, 0.1) is 5.92 Å². The second-order valence-corrected chi connectivity index (χ2v) is 5.05. The van der Waals surface area contributed by atoms with Gasteiger partial charge in [0.25, 0.3) is 0 Å². The fourth-order valence-electron chi connectivity index (χ4n) is 2.38. The van der Waals surface area contributed by atoms with Gasteiger partial charge in [0.05, 0.1) is 0 Å². The van der Waals surface area contributed by atoms with Crippen molar-refractivity contribution in [3.8, 4) is 0 Å². The Labute approximate surface area is 102 Å². The standard InChI is InChI=1S/C13H19ClN2/c1-10(12-3-2-4-13(14)7-12)16-6-5-11(8-15)9-16/h2-4,7,10-11H,5-6,8-9,15H2,1H3. The third kappa shape index (κ3) is 2.57. The van der Waals surface area contributed by atoms with Gasteiger partial charge in [0.2, 0.25) is 0 Å². The average Bonchev–Trinajstić information content (AvgIpc) is 2.76. The van der Waals surface area contributed by atoms with Crippen molar-refractivity contribution < 1.29 is 0 Å². The third-order valence-electron chi connectivity index (χ3n) is 3.53. The molecular weight excluding hydrogens is 220 g/mol. The molecule has 0 aromatic heterocycles. The molecule has 1 saturated heterocycles. The Hall–Kier alpha value is -0.570. The van der Waals surface area contributed by atoms with Crippen LogP contribution in [-0.2, 0) is 0 Å². The van der Waals surface area contributed by atoms with Crippen LogP contribution < -0.4 is 5.73 Å². The summed E-state index contributed by atoms with van der Waals surface area (Å²) in [7, 11) is 0. The molecule has 1 aromatic carbocycles. The van der Waals surface area contributed by atoms with E-state index in [0.29, 0.717) is 12.0 Å². The highest BCUT2D eigenvalue weighted by Crippen LogP contribution is 2.28. The number of nitrogens with two attached hydrogens (primary N) is 1. The Bertz CT molecular complexity index is 354. The number of halogens is 1. The van der Waals surface area contributed by atoms with Gasteiger partial charge >= 0.3 is 0 Å². The number of benzene rings is 1. The molecule has 0 spiro atoms. The Kier molecular flexibility index (Phi) is 3.85. The molecule has 1 fully saturated rings. The van der Waals surface area contributed by atoms with E-state index in [1.807, 2.05) is 12.1 Å². The van der Waals surface area contributed by atoms with Gasteiger partial charge in [-0.2, -0.15) is 0 Å². The van der Waals surface area contributed by atoms with E-state index in [1.54, 1.807) is 0 Å². The summed E-state index contributed by atoms with van der Waals surface area (Å²) in [6.45, 7) is 5.31. The zero-order chi connectivity index (χ0) is 11.5. The first-order valence-corrected chi connectivity index (χ1v) is 6.28. The van der Waals surface area contributed by atoms with E-state index in [2.05, 4.69) is 24.0 Å². The van der Waals surface area contributed by atoms with Gasteiger partial charge in [-0.25, -0.2) is 0 Å². The zero-order valence-electron chi connectivity index (χ0n) is 9.70. The summed E-state index contributed by atoms with van der Waals surface area (Å²) in [6.07, 6.45) is 1.22. The van der Waals surface area contributed by atoms with Crippen LogP contribution in [0.3, 0.4) is 0 Å². The molecule has 1 aliphatic rings. The molecule has 2 unspecified atom stereocenters. The third-order valence-corrected chi connectivity index (χ3v) is 3.76. The predicted molar refractivity (Wildman–Crippen MR) is 68.6 cm³/mol. The summed E-state index contributed by atoms with van der Waals surface area (Å²) < 4.78 is 0. The van der Waals surface area contributed by atoms with Crippen LogP contribution in [0.15, 0.2) is 24.3 Å². The molecule has 1 aromatic rings. The lowest BCUT2D eigenvalue weighted by atomic mass is 10.1. The Morgan fingerprint density at radius 1 is 1.56 bits per heavy atom. The molecule has 1 heterocycles. The summed E-state index contributed by atoms with van der Waals surface area (Å²) in [5, 5.41) is 0.818. The normalized spacial score (nSPS) is 23.6. The van der Waals surface area contributed by atoms with Crippen LogP contribution in [0.1, 0.15) is 24.9 Å². The van der Waals surface area contributed by atoms with E-state index in [0.717, 1.165) is 24.7 Å². The van der Waals surface area contributed by atoms with Gasteiger partial charge in [0.1, 0.15) is 0 Å². The van der Waals surface area contributed by atoms with Crippen LogP contribution in [0.2, 0.25) is 5.02 Å². The lowest BCUT2D eigenvalue weighted by Crippen LogP contribution is -2.26. The number of nitrogens with zero attached hydrogens (tertiary/aromatic N) is 1. The van der Waals surface area contributed by atoms with Gasteiger partial charge in [-0.1, -0.05) is 23.7 Å². The summed E-state index contributed by atoms with van der Waals surface area (Å²) in [5.74, 6) is 0.668. The van der Waals surface area contributed by atoms with Gasteiger partial charge in [-0.3, -0.25) is 4.90 Å². The van der Waals surface area contributed by atoms with E-state index in [9.17, 15) is 0 Å². The molecular formula is C13H19ClN2. The molecule has 0 saturated carbocycles. The smallest absolute Gasteiger partial charge is 0.0409 e. The summed E-state index contributed by atoms with van der Waals surface area (Å²) in [4.78, 5) is 2.49. The Morgan fingerprint density at radius 2 is 2.38 bits per heavy atom. The topological polar surface area (TPSA) is 29.3 Å². The first kappa shape index (κ1) is 11.9. The van der Waals surface area contributed by atoms with Crippen LogP contribution in [0.5, 0.6) is 0 Å². The van der Waals surface area contributed by atoms with Crippen LogP contribution in [0.4, 0.5) is 0 Å². The molecule has 2 rings (SSSR count). The summed E-state index contributed by atoms with van der Waals surface area (Å²) in [6, 6.07) is 8.58. The van der Waals surface area contributed by atoms with Gasteiger partial charge < -0.3 is 5.73 Å². The second kappa shape index (κ2) is 5.17. The molecule has 0 amide bonds. The molecule has 0 aliphatic carbocycles. The van der Waals surface area contributed by atoms with Crippen molar-refractivity contribution in [1.29, 1.82) is 0 Å². The lowest BCUT2D eigenvalue weighted by Gasteiger charge is -2.24. The first-order valence-electron chi connectivity index (χ1n) is 5.90. The lowest BCUT2D eigenvalue weighted by molar-refractivity contribution is 0.253. The molecule has 16 heavy (non-hydrogen) atoms. The Balaban J connectivity index is 2.05. The predicted octanol–water partition coefficient (Wildman–Crippen LogP) is 2.68. The zero-order valence-corrected chi connectivity index (χ0v) is 10.5. The van der Waals surface area contributed by atoms with Crippen molar-refractivity contribution in [3.63, 3.8) is 0 Å². The minimum atomic E-state index is 0.440. The van der Waals surface area contributed by atoms with Gasteiger partial charge in [0.15, 0.2) is 0 Å². The summed E-state index contributed by atoms with van der Waals surface area (Å²) in [5.41, 5.74) is 7.01. The molecule has 1 aliphatic heterocycles. The highest BCUT2D eigenvalue weighted by atomic mass is 35.5. The monoisotopic (exact) mass is 238 g/mol. The molecule has 2 nitrogen and oxygen atoms in total. The van der Waals surface area contributed by atoms with Gasteiger partial charge in [-0.05, 0) is 50.0 Å². The average molecular weight is 239 g/mol. The van der Waals surface area contributed by atoms with Gasteiger partial charge in [0, 0.05) is 17.6 Å². The maximum atomic E-state index is 6.01. The SMILES string of the molecule is CC(c1cccc(Cl)c1)N1CCC(CN)C1. The van der Waals surface area contributed by atoms with Crippen LogP contribution >= 0.6 is 11.6 Å². The Morgan fingerprint density at radius 3 is 3.00 bits per heavy atom. The van der Waals surface area contributed by atoms with Crippen molar-refractivity contribution in [2.24, 2.45) is 11.7 Å². The fourth-order valence-corrected chi connectivity index (χ4v) is 2.58. The van der Waals surface area contributed by atoms with Gasteiger partial charge in [-0.15, -0.1) is 0 Å². The number of hydrogen-bond acceptors (Lipinski definition) is 2. The van der Waals surface area contributed by atoms with E-state index in [4.69, 9.17) is 17.3 Å². The van der Waals surface area contributed by atoms with Crippen molar-refractivity contribution in [2.45, 2.75) is 19.4 Å². The van der Waals surface area contributed by atoms with Crippen molar-refractivity contribution >= 4 is 11.6 Å². The highest BCUT2D eigenvalue weighted by molar-refractivity contribution is 6.30. The quantitative estimate of drug-likeness (QED) is 0.878. The first-order chi connectivity index (χ1) is 7.70. The molecule has 2 atom stereocenters. The van der Waals surface area contributed by atoms with Crippen LogP contribution in [-0.4, -0.2) is 24.5 Å². The molecule has 0 bridgehead atoms. The molecule has 88 valence electrons. The van der Waals surface area contributed by atoms with Crippen molar-refractivity contribution in [1.82, 2.24) is 4.90 Å². The molecule has 0 radical (unpaired) electrons. The highest BCUT2D eigenvalue weighted by Gasteiger charge is 2.25. The number of hydrogen-bond donors (Lipinski definition) is 1.